The molecule has 0 aliphatic heterocycles. The molecule has 0 saturated heterocycles. The second-order valence-electron chi connectivity index (χ2n) is 2.85. The molecule has 0 radical (unpaired) electrons. The lowest BCUT2D eigenvalue weighted by Gasteiger charge is -2.09. The highest BCUT2D eigenvalue weighted by Gasteiger charge is 2.05. The first-order valence-electron chi connectivity index (χ1n) is 4.05. The van der Waals surface area contributed by atoms with Crippen molar-refractivity contribution in [2.45, 2.75) is 17.1 Å². The molecule has 1 unspecified atom stereocenters. The Hall–Kier alpha value is -0.190. The van der Waals surface area contributed by atoms with Gasteiger partial charge in [0, 0.05) is 26.9 Å². The van der Waals surface area contributed by atoms with Gasteiger partial charge in [-0.25, -0.2) is 0 Å². The van der Waals surface area contributed by atoms with Crippen LogP contribution in [0.1, 0.15) is 6.92 Å². The molecule has 0 aromatic heterocycles. The number of benzene rings is 1. The van der Waals surface area contributed by atoms with Crippen LogP contribution in [-0.4, -0.2) is 11.8 Å². The van der Waals surface area contributed by atoms with Crippen molar-refractivity contribution in [1.29, 1.82) is 0 Å². The smallest absolute Gasteiger partial charge is 0.0331 e. The molecule has 4 heteroatoms. The standard InChI is InChI=1S/C9H13BrN2S/c1-6(5-11)13-9-3-2-7(12)4-8(9)10/h2-4,6H,5,11-12H2,1H3. The van der Waals surface area contributed by atoms with Crippen LogP contribution in [0.25, 0.3) is 0 Å². The van der Waals surface area contributed by atoms with Crippen molar-refractivity contribution in [3.63, 3.8) is 0 Å². The maximum Gasteiger partial charge on any atom is 0.0331 e. The molecule has 4 N–H and O–H groups in total. The van der Waals surface area contributed by atoms with Gasteiger partial charge in [-0.15, -0.1) is 11.8 Å². The van der Waals surface area contributed by atoms with Crippen molar-refractivity contribution in [3.8, 4) is 0 Å². The Bertz CT molecular complexity index is 291. The fraction of sp³-hybridized carbons (Fsp3) is 0.333. The molecule has 72 valence electrons. The van der Waals surface area contributed by atoms with E-state index in [1.165, 1.54) is 4.90 Å². The van der Waals surface area contributed by atoms with E-state index < -0.39 is 0 Å². The summed E-state index contributed by atoms with van der Waals surface area (Å²) in [6, 6.07) is 5.82. The van der Waals surface area contributed by atoms with Crippen molar-refractivity contribution in [2.75, 3.05) is 12.3 Å². The van der Waals surface area contributed by atoms with Crippen molar-refractivity contribution >= 4 is 33.4 Å². The number of hydrogen-bond acceptors (Lipinski definition) is 3. The van der Waals surface area contributed by atoms with Gasteiger partial charge in [-0.1, -0.05) is 6.92 Å². The highest BCUT2D eigenvalue weighted by atomic mass is 79.9. The Morgan fingerprint density at radius 3 is 2.77 bits per heavy atom. The third-order valence-electron chi connectivity index (χ3n) is 1.62. The highest BCUT2D eigenvalue weighted by molar-refractivity contribution is 9.10. The molecule has 1 aromatic carbocycles. The number of nitrogen functional groups attached to an aromatic ring is 1. The van der Waals surface area contributed by atoms with Gasteiger partial charge in [-0.2, -0.15) is 0 Å². The van der Waals surface area contributed by atoms with E-state index in [-0.39, 0.29) is 0 Å². The van der Waals surface area contributed by atoms with Gasteiger partial charge in [0.1, 0.15) is 0 Å². The molecule has 1 atom stereocenters. The van der Waals surface area contributed by atoms with Crippen molar-refractivity contribution < 1.29 is 0 Å². The third kappa shape index (κ3) is 3.21. The van der Waals surface area contributed by atoms with Crippen LogP contribution in [0.5, 0.6) is 0 Å². The molecule has 0 spiro atoms. The molecule has 2 nitrogen and oxygen atoms in total. The van der Waals surface area contributed by atoms with Gasteiger partial charge in [-0.3, -0.25) is 0 Å². The van der Waals surface area contributed by atoms with E-state index in [0.717, 1.165) is 10.2 Å². The number of hydrogen-bond donors (Lipinski definition) is 2. The predicted molar refractivity (Wildman–Crippen MR) is 62.9 cm³/mol. The number of nitrogens with two attached hydrogens (primary N) is 2. The fourth-order valence-corrected chi connectivity index (χ4v) is 2.40. The minimum absolute atomic E-state index is 0.430. The predicted octanol–water partition coefficient (Wildman–Crippen LogP) is 2.47. The van der Waals surface area contributed by atoms with Crippen LogP contribution in [0.3, 0.4) is 0 Å². The van der Waals surface area contributed by atoms with Crippen molar-refractivity contribution in [2.24, 2.45) is 5.73 Å². The highest BCUT2D eigenvalue weighted by Crippen LogP contribution is 2.31. The topological polar surface area (TPSA) is 52.0 Å². The maximum absolute atomic E-state index is 5.63. The quantitative estimate of drug-likeness (QED) is 0.649. The second kappa shape index (κ2) is 4.88. The molecular formula is C9H13BrN2S. The van der Waals surface area contributed by atoms with E-state index in [1.807, 2.05) is 18.2 Å². The molecule has 0 saturated carbocycles. The molecule has 0 heterocycles. The molecular weight excluding hydrogens is 248 g/mol. The van der Waals surface area contributed by atoms with Crippen LogP contribution >= 0.6 is 27.7 Å². The zero-order valence-corrected chi connectivity index (χ0v) is 9.86. The van der Waals surface area contributed by atoms with Gasteiger partial charge in [0.15, 0.2) is 0 Å². The molecule has 13 heavy (non-hydrogen) atoms. The summed E-state index contributed by atoms with van der Waals surface area (Å²) in [6.45, 7) is 2.79. The molecule has 1 aromatic rings. The zero-order chi connectivity index (χ0) is 9.84. The van der Waals surface area contributed by atoms with E-state index in [2.05, 4.69) is 22.9 Å². The molecule has 0 fully saturated rings. The molecule has 0 bridgehead atoms. The second-order valence-corrected chi connectivity index (χ2v) is 5.19. The number of halogens is 1. The summed E-state index contributed by atoms with van der Waals surface area (Å²) in [4.78, 5) is 1.19. The summed E-state index contributed by atoms with van der Waals surface area (Å²) in [6.07, 6.45) is 0. The van der Waals surface area contributed by atoms with E-state index in [1.54, 1.807) is 11.8 Å². The van der Waals surface area contributed by atoms with Gasteiger partial charge in [0.25, 0.3) is 0 Å². The van der Waals surface area contributed by atoms with Gasteiger partial charge < -0.3 is 11.5 Å². The minimum Gasteiger partial charge on any atom is -0.399 e. The van der Waals surface area contributed by atoms with Crippen LogP contribution in [-0.2, 0) is 0 Å². The lowest BCUT2D eigenvalue weighted by molar-refractivity contribution is 0.951. The monoisotopic (exact) mass is 260 g/mol. The Labute approximate surface area is 91.2 Å². The van der Waals surface area contributed by atoms with Gasteiger partial charge in [-0.05, 0) is 34.1 Å². The summed E-state index contributed by atoms with van der Waals surface area (Å²) in [7, 11) is 0. The summed E-state index contributed by atoms with van der Waals surface area (Å²) >= 11 is 5.21. The molecule has 0 amide bonds. The summed E-state index contributed by atoms with van der Waals surface area (Å²) in [5, 5.41) is 0.430. The normalized spacial score (nSPS) is 12.8. The van der Waals surface area contributed by atoms with E-state index in [0.29, 0.717) is 11.8 Å². The maximum atomic E-state index is 5.63. The Balaban J connectivity index is 2.77. The first-order chi connectivity index (χ1) is 6.13. The Morgan fingerprint density at radius 1 is 1.54 bits per heavy atom. The van der Waals surface area contributed by atoms with Gasteiger partial charge in [0.05, 0.1) is 0 Å². The van der Waals surface area contributed by atoms with Crippen LogP contribution in [0, 0.1) is 0 Å². The summed E-state index contributed by atoms with van der Waals surface area (Å²) in [5.41, 5.74) is 11.9. The average Bonchev–Trinajstić information content (AvgIpc) is 2.09. The fourth-order valence-electron chi connectivity index (χ4n) is 0.878. The molecule has 0 aliphatic rings. The Kier molecular flexibility index (Phi) is 4.09. The average molecular weight is 261 g/mol. The van der Waals surface area contributed by atoms with Crippen LogP contribution in [0.4, 0.5) is 5.69 Å². The number of rotatable bonds is 3. The van der Waals surface area contributed by atoms with E-state index >= 15 is 0 Å². The lowest BCUT2D eigenvalue weighted by Crippen LogP contribution is -2.12. The van der Waals surface area contributed by atoms with Gasteiger partial charge >= 0.3 is 0 Å². The summed E-state index contributed by atoms with van der Waals surface area (Å²) in [5.74, 6) is 0. The van der Waals surface area contributed by atoms with E-state index in [9.17, 15) is 0 Å². The van der Waals surface area contributed by atoms with Crippen LogP contribution in [0.15, 0.2) is 27.6 Å². The minimum atomic E-state index is 0.430. The Morgan fingerprint density at radius 2 is 2.23 bits per heavy atom. The van der Waals surface area contributed by atoms with Crippen molar-refractivity contribution in [3.05, 3.63) is 22.7 Å². The zero-order valence-electron chi connectivity index (χ0n) is 7.46. The largest absolute Gasteiger partial charge is 0.399 e. The SMILES string of the molecule is CC(CN)Sc1ccc(N)cc1Br. The first kappa shape index (κ1) is 10.9. The van der Waals surface area contributed by atoms with Gasteiger partial charge in [0.2, 0.25) is 0 Å². The van der Waals surface area contributed by atoms with Crippen LogP contribution < -0.4 is 11.5 Å². The first-order valence-corrected chi connectivity index (χ1v) is 5.72. The van der Waals surface area contributed by atoms with E-state index in [4.69, 9.17) is 11.5 Å². The molecule has 0 aliphatic carbocycles. The number of thioether (sulfide) groups is 1. The van der Waals surface area contributed by atoms with Crippen LogP contribution in [0.2, 0.25) is 0 Å². The van der Waals surface area contributed by atoms with Crippen molar-refractivity contribution in [1.82, 2.24) is 0 Å². The number of anilines is 1. The summed E-state index contributed by atoms with van der Waals surface area (Å²) < 4.78 is 1.04. The lowest BCUT2D eigenvalue weighted by atomic mass is 10.3. The third-order valence-corrected chi connectivity index (χ3v) is 3.74. The molecule has 1 rings (SSSR count).